The van der Waals surface area contributed by atoms with Crippen LogP contribution in [0.3, 0.4) is 0 Å². The summed E-state index contributed by atoms with van der Waals surface area (Å²) in [6.45, 7) is -0.154. The minimum absolute atomic E-state index is 0.0510. The first-order chi connectivity index (χ1) is 15.0. The summed E-state index contributed by atoms with van der Waals surface area (Å²) >= 11 is 0. The Morgan fingerprint density at radius 2 is 1.81 bits per heavy atom. The van der Waals surface area contributed by atoms with Crippen LogP contribution in [-0.2, 0) is 32.6 Å². The van der Waals surface area contributed by atoms with Crippen LogP contribution in [0.15, 0.2) is 35.2 Å². The van der Waals surface area contributed by atoms with E-state index >= 15 is 0 Å². The molecule has 0 bridgehead atoms. The summed E-state index contributed by atoms with van der Waals surface area (Å²) in [5, 5.41) is 4.95. The molecule has 0 spiro atoms. The van der Waals surface area contributed by atoms with Crippen LogP contribution in [0.25, 0.3) is 0 Å². The van der Waals surface area contributed by atoms with E-state index in [4.69, 9.17) is 15.7 Å². The van der Waals surface area contributed by atoms with Crippen molar-refractivity contribution in [2.75, 3.05) is 13.2 Å². The van der Waals surface area contributed by atoms with Gasteiger partial charge in [-0.2, -0.15) is 0 Å². The van der Waals surface area contributed by atoms with Gasteiger partial charge >= 0.3 is 0 Å². The Bertz CT molecular complexity index is 1130. The van der Waals surface area contributed by atoms with E-state index < -0.39 is 63.9 Å². The van der Waals surface area contributed by atoms with E-state index in [2.05, 4.69) is 0 Å². The van der Waals surface area contributed by atoms with Gasteiger partial charge < -0.3 is 9.64 Å². The number of primary sulfonamides is 1. The van der Waals surface area contributed by atoms with Crippen LogP contribution in [0, 0.1) is 17.5 Å². The summed E-state index contributed by atoms with van der Waals surface area (Å²) in [5.41, 5.74) is 1.75. The molecule has 0 radical (unpaired) electrons. The second kappa shape index (κ2) is 10.4. The SMILES string of the molecule is CCc1c(F)cc(F)cc1OCC(=O)N(CC(=O)NN)Cc1ccc(S(N)(=O)=O)cc1F. The number of nitrogens with zero attached hydrogens (tertiary/aromatic N) is 1. The highest BCUT2D eigenvalue weighted by Gasteiger charge is 2.21. The van der Waals surface area contributed by atoms with Crippen LogP contribution >= 0.6 is 0 Å². The zero-order valence-corrected chi connectivity index (χ0v) is 17.7. The summed E-state index contributed by atoms with van der Waals surface area (Å²) in [6, 6.07) is 4.40. The third-order valence-corrected chi connectivity index (χ3v) is 5.30. The number of hydrazine groups is 1. The molecular weight excluding hydrogens is 453 g/mol. The Kier molecular flexibility index (Phi) is 8.19. The molecule has 0 aliphatic heterocycles. The molecule has 0 saturated heterocycles. The number of hydrogen-bond acceptors (Lipinski definition) is 6. The molecule has 2 rings (SSSR count). The smallest absolute Gasteiger partial charge is 0.261 e. The summed E-state index contributed by atoms with van der Waals surface area (Å²) in [6.07, 6.45) is 0.163. The molecule has 0 saturated carbocycles. The fourth-order valence-corrected chi connectivity index (χ4v) is 3.30. The lowest BCUT2D eigenvalue weighted by molar-refractivity contribution is -0.138. The lowest BCUT2D eigenvalue weighted by Crippen LogP contribution is -2.44. The van der Waals surface area contributed by atoms with Crippen molar-refractivity contribution in [3.63, 3.8) is 0 Å². The van der Waals surface area contributed by atoms with Crippen LogP contribution < -0.4 is 21.1 Å². The molecule has 0 unspecified atom stereocenters. The second-order valence-electron chi connectivity index (χ2n) is 6.62. The van der Waals surface area contributed by atoms with Crippen LogP contribution in [0.4, 0.5) is 13.2 Å². The fraction of sp³-hybridized carbons (Fsp3) is 0.263. The Hall–Kier alpha value is -3.16. The van der Waals surface area contributed by atoms with E-state index in [1.165, 1.54) is 0 Å². The van der Waals surface area contributed by atoms with Gasteiger partial charge in [0.2, 0.25) is 10.0 Å². The Balaban J connectivity index is 2.24. The number of benzene rings is 2. The van der Waals surface area contributed by atoms with Gasteiger partial charge in [-0.25, -0.2) is 32.6 Å². The van der Waals surface area contributed by atoms with Crippen molar-refractivity contribution >= 4 is 21.8 Å². The number of nitrogens with one attached hydrogen (secondary N) is 1. The molecule has 13 heteroatoms. The average molecular weight is 474 g/mol. The standard InChI is InChI=1S/C19H21F3N4O5S/c1-2-14-16(22)5-12(20)6-17(14)31-10-19(28)26(9-18(27)25-23)8-11-3-4-13(7-15(11)21)32(24,29)30/h3-7H,2,8-10,23H2,1H3,(H,25,27)(H2,24,29,30). The van der Waals surface area contributed by atoms with Gasteiger partial charge in [0.25, 0.3) is 11.8 Å². The first-order valence-electron chi connectivity index (χ1n) is 9.15. The number of halogens is 3. The van der Waals surface area contributed by atoms with Crippen LogP contribution in [0.1, 0.15) is 18.1 Å². The second-order valence-corrected chi connectivity index (χ2v) is 8.18. The topological polar surface area (TPSA) is 145 Å². The Morgan fingerprint density at radius 1 is 1.12 bits per heavy atom. The number of carbonyl (C=O) groups excluding carboxylic acids is 2. The molecule has 2 amide bonds. The maximum Gasteiger partial charge on any atom is 0.261 e. The lowest BCUT2D eigenvalue weighted by Gasteiger charge is -2.23. The predicted molar refractivity (Wildman–Crippen MR) is 107 cm³/mol. The third-order valence-electron chi connectivity index (χ3n) is 4.39. The van der Waals surface area contributed by atoms with Gasteiger partial charge in [-0.15, -0.1) is 0 Å². The molecule has 2 aromatic carbocycles. The number of carbonyl (C=O) groups is 2. The molecule has 0 fully saturated rings. The molecule has 2 aromatic rings. The van der Waals surface area contributed by atoms with E-state index in [0.717, 1.165) is 23.1 Å². The predicted octanol–water partition coefficient (Wildman–Crippen LogP) is 0.711. The van der Waals surface area contributed by atoms with Crippen LogP contribution in [0.2, 0.25) is 0 Å². The van der Waals surface area contributed by atoms with Crippen molar-refractivity contribution in [1.29, 1.82) is 0 Å². The van der Waals surface area contributed by atoms with Crippen LogP contribution in [0.5, 0.6) is 5.75 Å². The fourth-order valence-electron chi connectivity index (χ4n) is 2.77. The van der Waals surface area contributed by atoms with E-state index in [1.807, 2.05) is 5.43 Å². The molecule has 0 atom stereocenters. The molecular formula is C19H21F3N4O5S. The highest BCUT2D eigenvalue weighted by Crippen LogP contribution is 2.24. The average Bonchev–Trinajstić information content (AvgIpc) is 2.71. The number of amides is 2. The number of nitrogens with two attached hydrogens (primary N) is 2. The molecule has 5 N–H and O–H groups in total. The zero-order valence-electron chi connectivity index (χ0n) is 16.9. The van der Waals surface area contributed by atoms with Gasteiger partial charge in [-0.3, -0.25) is 15.0 Å². The lowest BCUT2D eigenvalue weighted by atomic mass is 10.1. The van der Waals surface area contributed by atoms with E-state index in [-0.39, 0.29) is 23.3 Å². The van der Waals surface area contributed by atoms with Crippen LogP contribution in [-0.4, -0.2) is 38.3 Å². The van der Waals surface area contributed by atoms with E-state index in [0.29, 0.717) is 12.1 Å². The van der Waals surface area contributed by atoms with Gasteiger partial charge in [0.15, 0.2) is 6.61 Å². The van der Waals surface area contributed by atoms with Gasteiger partial charge in [0, 0.05) is 29.8 Å². The minimum atomic E-state index is -4.15. The quantitative estimate of drug-likeness (QED) is 0.277. The van der Waals surface area contributed by atoms with Gasteiger partial charge in [0.1, 0.15) is 29.7 Å². The monoisotopic (exact) mass is 474 g/mol. The largest absolute Gasteiger partial charge is 0.483 e. The highest BCUT2D eigenvalue weighted by molar-refractivity contribution is 7.89. The summed E-state index contributed by atoms with van der Waals surface area (Å²) in [4.78, 5) is 24.7. The van der Waals surface area contributed by atoms with Crippen molar-refractivity contribution in [3.8, 4) is 5.75 Å². The van der Waals surface area contributed by atoms with E-state index in [1.54, 1.807) is 6.92 Å². The zero-order chi connectivity index (χ0) is 24.1. The Labute approximate surface area is 182 Å². The maximum atomic E-state index is 14.4. The number of hydrogen-bond donors (Lipinski definition) is 3. The molecule has 174 valence electrons. The van der Waals surface area contributed by atoms with Gasteiger partial charge in [-0.1, -0.05) is 13.0 Å². The molecule has 0 aromatic heterocycles. The molecule has 0 aliphatic rings. The van der Waals surface area contributed by atoms with Gasteiger partial charge in [-0.05, 0) is 18.6 Å². The molecule has 32 heavy (non-hydrogen) atoms. The van der Waals surface area contributed by atoms with Crippen molar-refractivity contribution in [1.82, 2.24) is 10.3 Å². The van der Waals surface area contributed by atoms with Gasteiger partial charge in [0.05, 0.1) is 4.90 Å². The molecule has 9 nitrogen and oxygen atoms in total. The van der Waals surface area contributed by atoms with Crippen molar-refractivity contribution < 1.29 is 35.9 Å². The normalized spacial score (nSPS) is 11.2. The number of rotatable bonds is 9. The summed E-state index contributed by atoms with van der Waals surface area (Å²) < 4.78 is 69.7. The first-order valence-corrected chi connectivity index (χ1v) is 10.7. The number of ether oxygens (including phenoxy) is 1. The first kappa shape index (κ1) is 25.1. The summed E-state index contributed by atoms with van der Waals surface area (Å²) in [7, 11) is -4.15. The Morgan fingerprint density at radius 3 is 2.38 bits per heavy atom. The number of sulfonamides is 1. The molecule has 0 heterocycles. The van der Waals surface area contributed by atoms with Crippen molar-refractivity contribution in [2.24, 2.45) is 11.0 Å². The maximum absolute atomic E-state index is 14.4. The highest BCUT2D eigenvalue weighted by atomic mass is 32.2. The van der Waals surface area contributed by atoms with E-state index in [9.17, 15) is 31.2 Å². The summed E-state index contributed by atoms with van der Waals surface area (Å²) in [5.74, 6) is 0.513. The minimum Gasteiger partial charge on any atom is -0.483 e. The van der Waals surface area contributed by atoms with Crippen molar-refractivity contribution in [3.05, 3.63) is 58.9 Å². The molecule has 0 aliphatic carbocycles. The van der Waals surface area contributed by atoms with Crippen molar-refractivity contribution in [2.45, 2.75) is 24.8 Å². The third kappa shape index (κ3) is 6.42.